The lowest BCUT2D eigenvalue weighted by Gasteiger charge is -1.83. The Balaban J connectivity index is 0.000001000. The molecule has 11 heavy (non-hydrogen) atoms. The lowest BCUT2D eigenvalue weighted by atomic mass is 10.3. The van der Waals surface area contributed by atoms with Gasteiger partial charge in [0.2, 0.25) is 0 Å². The molecule has 1 rings (SSSR count). The number of oxime groups is 1. The monoisotopic (exact) mass is 172 g/mol. The fourth-order valence-electron chi connectivity index (χ4n) is 0.697. The van der Waals surface area contributed by atoms with Gasteiger partial charge in [0.1, 0.15) is 0 Å². The molecular formula is C7H9ClN2O. The number of aromatic amines is 1. The molecule has 0 saturated heterocycles. The zero-order valence-electron chi connectivity index (χ0n) is 5.87. The first-order chi connectivity index (χ1) is 4.93. The molecule has 4 heteroatoms. The Labute approximate surface area is 71.2 Å². The number of rotatable bonds is 2. The fourth-order valence-corrected chi connectivity index (χ4v) is 0.697. The van der Waals surface area contributed by atoms with Crippen molar-refractivity contribution in [2.24, 2.45) is 5.16 Å². The van der Waals surface area contributed by atoms with Crippen LogP contribution in [-0.4, -0.2) is 11.4 Å². The van der Waals surface area contributed by atoms with E-state index in [1.807, 2.05) is 24.4 Å². The average Bonchev–Trinajstić information content (AvgIpc) is 2.03. The summed E-state index contributed by atoms with van der Waals surface area (Å²) in [5, 5.41) is 11.0. The predicted molar refractivity (Wildman–Crippen MR) is 37.0 cm³/mol. The number of nitrogens with one attached hydrogen (secondary N) is 1. The summed E-state index contributed by atoms with van der Waals surface area (Å²) in [4.78, 5) is 3.00. The molecule has 0 aliphatic heterocycles. The SMILES string of the molecule is ON=CCc1cccc[nH+]1.[Cl-]. The molecular weight excluding hydrogens is 164 g/mol. The molecule has 0 radical (unpaired) electrons. The van der Waals surface area contributed by atoms with Crippen LogP contribution in [0.2, 0.25) is 0 Å². The topological polar surface area (TPSA) is 46.7 Å². The minimum Gasteiger partial charge on any atom is -1.00 e. The predicted octanol–water partition coefficient (Wildman–Crippen LogP) is -2.49. The van der Waals surface area contributed by atoms with Gasteiger partial charge in [-0.25, -0.2) is 4.98 Å². The van der Waals surface area contributed by atoms with Crippen LogP contribution in [0.1, 0.15) is 5.69 Å². The maximum Gasteiger partial charge on any atom is 0.185 e. The summed E-state index contributed by atoms with van der Waals surface area (Å²) in [6, 6.07) is 5.76. The van der Waals surface area contributed by atoms with Crippen molar-refractivity contribution in [2.45, 2.75) is 6.42 Å². The molecule has 3 nitrogen and oxygen atoms in total. The smallest absolute Gasteiger partial charge is 0.185 e. The Morgan fingerprint density at radius 2 is 2.36 bits per heavy atom. The van der Waals surface area contributed by atoms with Crippen molar-refractivity contribution in [1.29, 1.82) is 0 Å². The first kappa shape index (κ1) is 9.91. The van der Waals surface area contributed by atoms with Crippen LogP contribution < -0.4 is 17.4 Å². The molecule has 0 bridgehead atoms. The van der Waals surface area contributed by atoms with Crippen molar-refractivity contribution in [2.75, 3.05) is 0 Å². The molecule has 1 aromatic heterocycles. The maximum atomic E-state index is 8.08. The third-order valence-corrected chi connectivity index (χ3v) is 1.17. The van der Waals surface area contributed by atoms with E-state index in [4.69, 9.17) is 5.21 Å². The number of hydrogen-bond donors (Lipinski definition) is 1. The second kappa shape index (κ2) is 5.68. The van der Waals surface area contributed by atoms with Crippen molar-refractivity contribution >= 4 is 6.21 Å². The Morgan fingerprint density at radius 1 is 1.55 bits per heavy atom. The molecule has 0 aliphatic rings. The number of aromatic nitrogens is 1. The van der Waals surface area contributed by atoms with Gasteiger partial charge in [0, 0.05) is 12.1 Å². The largest absolute Gasteiger partial charge is 1.00 e. The van der Waals surface area contributed by atoms with Gasteiger partial charge in [-0.2, -0.15) is 0 Å². The Morgan fingerprint density at radius 3 is 2.91 bits per heavy atom. The van der Waals surface area contributed by atoms with Crippen LogP contribution in [0.25, 0.3) is 0 Å². The van der Waals surface area contributed by atoms with E-state index in [-0.39, 0.29) is 12.4 Å². The van der Waals surface area contributed by atoms with Crippen molar-refractivity contribution in [3.05, 3.63) is 30.1 Å². The highest BCUT2D eigenvalue weighted by atomic mass is 35.5. The fraction of sp³-hybridized carbons (Fsp3) is 0.143. The van der Waals surface area contributed by atoms with Gasteiger partial charge in [-0.1, -0.05) is 6.07 Å². The van der Waals surface area contributed by atoms with E-state index in [9.17, 15) is 0 Å². The molecule has 0 aromatic carbocycles. The van der Waals surface area contributed by atoms with Gasteiger partial charge in [0.15, 0.2) is 11.9 Å². The minimum absolute atomic E-state index is 0. The summed E-state index contributed by atoms with van der Waals surface area (Å²) in [7, 11) is 0. The van der Waals surface area contributed by atoms with Gasteiger partial charge in [0.25, 0.3) is 0 Å². The number of hydrogen-bond acceptors (Lipinski definition) is 2. The van der Waals surface area contributed by atoms with Crippen LogP contribution >= 0.6 is 0 Å². The summed E-state index contributed by atoms with van der Waals surface area (Å²) in [6.07, 6.45) is 3.91. The van der Waals surface area contributed by atoms with Gasteiger partial charge < -0.3 is 17.6 Å². The standard InChI is InChI=1S/C7H8N2O.ClH/c10-9-6-4-7-3-1-2-5-8-7;/h1-3,5-6,10H,4H2;1H. The Hall–Kier alpha value is -1.09. The molecule has 1 aromatic rings. The van der Waals surface area contributed by atoms with Crippen LogP contribution in [0, 0.1) is 0 Å². The second-order valence-electron chi connectivity index (χ2n) is 1.89. The van der Waals surface area contributed by atoms with E-state index in [1.165, 1.54) is 6.21 Å². The third kappa shape index (κ3) is 3.57. The zero-order valence-corrected chi connectivity index (χ0v) is 6.62. The summed E-state index contributed by atoms with van der Waals surface area (Å²) >= 11 is 0. The van der Waals surface area contributed by atoms with Crippen LogP contribution in [0.3, 0.4) is 0 Å². The van der Waals surface area contributed by atoms with E-state index < -0.39 is 0 Å². The maximum absolute atomic E-state index is 8.08. The Kier molecular flexibility index (Phi) is 5.11. The number of halogens is 1. The van der Waals surface area contributed by atoms with Crippen LogP contribution in [0.4, 0.5) is 0 Å². The molecule has 1 heterocycles. The van der Waals surface area contributed by atoms with E-state index in [0.717, 1.165) is 5.69 Å². The highest BCUT2D eigenvalue weighted by molar-refractivity contribution is 5.58. The summed E-state index contributed by atoms with van der Waals surface area (Å²) in [5.41, 5.74) is 1.03. The molecule has 2 N–H and O–H groups in total. The lowest BCUT2D eigenvalue weighted by Crippen LogP contribution is -3.00. The number of pyridine rings is 1. The van der Waals surface area contributed by atoms with E-state index in [1.54, 1.807) is 0 Å². The van der Waals surface area contributed by atoms with Gasteiger partial charge >= 0.3 is 0 Å². The van der Waals surface area contributed by atoms with E-state index >= 15 is 0 Å². The highest BCUT2D eigenvalue weighted by Crippen LogP contribution is 1.86. The normalized spacial score (nSPS) is 9.45. The van der Waals surface area contributed by atoms with Gasteiger partial charge in [-0.15, -0.1) is 5.16 Å². The van der Waals surface area contributed by atoms with Gasteiger partial charge in [-0.3, -0.25) is 0 Å². The summed E-state index contributed by atoms with van der Waals surface area (Å²) < 4.78 is 0. The first-order valence-corrected chi connectivity index (χ1v) is 3.05. The molecule has 0 aliphatic carbocycles. The zero-order chi connectivity index (χ0) is 7.23. The van der Waals surface area contributed by atoms with Crippen molar-refractivity contribution in [3.63, 3.8) is 0 Å². The molecule has 60 valence electrons. The minimum atomic E-state index is 0. The number of H-pyrrole nitrogens is 1. The highest BCUT2D eigenvalue weighted by Gasteiger charge is 1.93. The first-order valence-electron chi connectivity index (χ1n) is 3.05. The summed E-state index contributed by atoms with van der Waals surface area (Å²) in [6.45, 7) is 0. The molecule has 0 unspecified atom stereocenters. The van der Waals surface area contributed by atoms with E-state index in [0.29, 0.717) is 6.42 Å². The third-order valence-electron chi connectivity index (χ3n) is 1.17. The Bertz CT molecular complexity index is 213. The average molecular weight is 173 g/mol. The van der Waals surface area contributed by atoms with Gasteiger partial charge in [0.05, 0.1) is 12.6 Å². The molecule has 0 spiro atoms. The molecule has 0 saturated carbocycles. The quantitative estimate of drug-likeness (QED) is 0.300. The second-order valence-corrected chi connectivity index (χ2v) is 1.89. The molecule has 0 fully saturated rings. The molecule has 0 atom stereocenters. The summed E-state index contributed by atoms with van der Waals surface area (Å²) in [5.74, 6) is 0. The van der Waals surface area contributed by atoms with Crippen LogP contribution in [0.15, 0.2) is 29.6 Å². The molecule has 0 amide bonds. The van der Waals surface area contributed by atoms with Gasteiger partial charge in [-0.05, 0) is 0 Å². The van der Waals surface area contributed by atoms with Crippen molar-refractivity contribution in [3.8, 4) is 0 Å². The van der Waals surface area contributed by atoms with Crippen molar-refractivity contribution in [1.82, 2.24) is 0 Å². The number of nitrogens with zero attached hydrogens (tertiary/aromatic N) is 1. The van der Waals surface area contributed by atoms with E-state index in [2.05, 4.69) is 10.1 Å². The van der Waals surface area contributed by atoms with Crippen molar-refractivity contribution < 1.29 is 22.6 Å². The van der Waals surface area contributed by atoms with Crippen LogP contribution in [0.5, 0.6) is 0 Å². The van der Waals surface area contributed by atoms with Crippen LogP contribution in [-0.2, 0) is 6.42 Å². The lowest BCUT2D eigenvalue weighted by molar-refractivity contribution is -0.388.